The molecular formula is C30H40ClN3O4. The van der Waals surface area contributed by atoms with Gasteiger partial charge in [0.25, 0.3) is 5.91 Å². The number of aryl methyl sites for hydroxylation is 3. The normalized spacial score (nSPS) is 12.9. The highest BCUT2D eigenvalue weighted by atomic mass is 35.5. The van der Waals surface area contributed by atoms with Crippen molar-refractivity contribution in [3.8, 4) is 0 Å². The molecule has 0 fully saturated rings. The lowest BCUT2D eigenvalue weighted by molar-refractivity contribution is -0.141. The molecule has 0 radical (unpaired) electrons. The first-order chi connectivity index (χ1) is 17.7. The van der Waals surface area contributed by atoms with Gasteiger partial charge in [-0.3, -0.25) is 9.59 Å². The third-order valence-electron chi connectivity index (χ3n) is 6.09. The Kier molecular flexibility index (Phi) is 10.5. The van der Waals surface area contributed by atoms with E-state index in [2.05, 4.69) is 17.2 Å². The van der Waals surface area contributed by atoms with Crippen LogP contribution in [0, 0.1) is 26.7 Å². The van der Waals surface area contributed by atoms with Crippen LogP contribution < -0.4 is 10.6 Å². The Morgan fingerprint density at radius 1 is 1.05 bits per heavy atom. The van der Waals surface area contributed by atoms with Crippen molar-refractivity contribution >= 4 is 35.2 Å². The number of carbonyl (C=O) groups is 3. The van der Waals surface area contributed by atoms with Crippen molar-refractivity contribution in [3.05, 3.63) is 76.3 Å². The lowest BCUT2D eigenvalue weighted by Gasteiger charge is -2.35. The number of carbonyl (C=O) groups excluding carboxylic acids is 3. The minimum absolute atomic E-state index is 0.0740. The van der Waals surface area contributed by atoms with E-state index in [0.717, 1.165) is 16.7 Å². The molecule has 2 aromatic carbocycles. The molecule has 7 nitrogen and oxygen atoms in total. The molecule has 0 aliphatic carbocycles. The molecule has 2 rings (SSSR count). The first kappa shape index (κ1) is 30.9. The fourth-order valence-corrected chi connectivity index (χ4v) is 4.25. The van der Waals surface area contributed by atoms with Crippen LogP contribution in [0.3, 0.4) is 0 Å². The van der Waals surface area contributed by atoms with Crippen molar-refractivity contribution in [1.82, 2.24) is 10.2 Å². The number of para-hydroxylation sites is 1. The number of ether oxygens (including phenoxy) is 1. The van der Waals surface area contributed by atoms with E-state index in [-0.39, 0.29) is 12.5 Å². The lowest BCUT2D eigenvalue weighted by atomic mass is 9.96. The molecule has 2 N–H and O–H groups in total. The summed E-state index contributed by atoms with van der Waals surface area (Å²) >= 11 is 6.40. The summed E-state index contributed by atoms with van der Waals surface area (Å²) in [5, 5.41) is 6.03. The molecule has 2 unspecified atom stereocenters. The van der Waals surface area contributed by atoms with E-state index in [1.165, 1.54) is 4.90 Å². The van der Waals surface area contributed by atoms with E-state index in [9.17, 15) is 14.4 Å². The van der Waals surface area contributed by atoms with Crippen LogP contribution in [0.1, 0.15) is 62.9 Å². The highest BCUT2D eigenvalue weighted by molar-refractivity contribution is 6.34. The molecule has 0 aliphatic heterocycles. The maximum absolute atomic E-state index is 14.0. The van der Waals surface area contributed by atoms with Crippen LogP contribution in [-0.4, -0.2) is 41.0 Å². The van der Waals surface area contributed by atoms with E-state index >= 15 is 0 Å². The van der Waals surface area contributed by atoms with Gasteiger partial charge < -0.3 is 20.3 Å². The van der Waals surface area contributed by atoms with Gasteiger partial charge in [0, 0.05) is 6.54 Å². The fraction of sp³-hybridized carbons (Fsp3) is 0.433. The third kappa shape index (κ3) is 8.09. The Labute approximate surface area is 231 Å². The van der Waals surface area contributed by atoms with Crippen molar-refractivity contribution in [1.29, 1.82) is 0 Å². The van der Waals surface area contributed by atoms with Crippen LogP contribution >= 0.6 is 11.6 Å². The molecular weight excluding hydrogens is 502 g/mol. The van der Waals surface area contributed by atoms with Crippen LogP contribution in [-0.2, 0) is 14.3 Å². The zero-order valence-corrected chi connectivity index (χ0v) is 24.4. The van der Waals surface area contributed by atoms with Gasteiger partial charge in [-0.15, -0.1) is 6.58 Å². The first-order valence-electron chi connectivity index (χ1n) is 12.7. The van der Waals surface area contributed by atoms with Crippen molar-refractivity contribution in [3.63, 3.8) is 0 Å². The van der Waals surface area contributed by atoms with Gasteiger partial charge in [0.2, 0.25) is 5.91 Å². The molecule has 38 heavy (non-hydrogen) atoms. The van der Waals surface area contributed by atoms with E-state index in [1.54, 1.807) is 39.0 Å². The zero-order valence-electron chi connectivity index (χ0n) is 23.6. The van der Waals surface area contributed by atoms with Crippen molar-refractivity contribution in [2.24, 2.45) is 5.92 Å². The summed E-state index contributed by atoms with van der Waals surface area (Å²) in [6, 6.07) is 9.04. The molecule has 0 saturated heterocycles. The largest absolute Gasteiger partial charge is 0.444 e. The molecule has 0 aromatic heterocycles. The van der Waals surface area contributed by atoms with Gasteiger partial charge in [0.15, 0.2) is 0 Å². The standard InChI is InChI=1S/C30H40ClN3O4/c1-10-16-34(28(36)24(18(2)3)33-29(37)38-30(7,8)9)26(22-15-14-19(4)21(6)17-22)27(35)32-25-20(5)12-11-13-23(25)31/h10-15,17-18,24,26H,1,16H2,2-9H3,(H,32,35)(H,33,37). The summed E-state index contributed by atoms with van der Waals surface area (Å²) < 4.78 is 5.40. The highest BCUT2D eigenvalue weighted by Crippen LogP contribution is 2.30. The number of hydrogen-bond donors (Lipinski definition) is 2. The summed E-state index contributed by atoms with van der Waals surface area (Å²) in [6.45, 7) is 18.6. The molecule has 0 aliphatic rings. The number of halogens is 1. The van der Waals surface area contributed by atoms with E-state index in [4.69, 9.17) is 16.3 Å². The van der Waals surface area contributed by atoms with Crippen molar-refractivity contribution in [2.75, 3.05) is 11.9 Å². The molecule has 0 saturated carbocycles. The average molecular weight is 542 g/mol. The highest BCUT2D eigenvalue weighted by Gasteiger charge is 2.37. The summed E-state index contributed by atoms with van der Waals surface area (Å²) in [4.78, 5) is 42.0. The average Bonchev–Trinajstić information content (AvgIpc) is 2.80. The summed E-state index contributed by atoms with van der Waals surface area (Å²) in [5.74, 6) is -1.14. The number of rotatable bonds is 9. The molecule has 2 aromatic rings. The van der Waals surface area contributed by atoms with E-state index in [1.807, 2.05) is 58.9 Å². The fourth-order valence-electron chi connectivity index (χ4n) is 3.98. The first-order valence-corrected chi connectivity index (χ1v) is 13.1. The van der Waals surface area contributed by atoms with Gasteiger partial charge in [0.05, 0.1) is 10.7 Å². The SMILES string of the molecule is C=CCN(C(=O)C(NC(=O)OC(C)(C)C)C(C)C)C(C(=O)Nc1c(C)cccc1Cl)c1ccc(C)c(C)c1. The Hall–Kier alpha value is -3.32. The van der Waals surface area contributed by atoms with Gasteiger partial charge in [0.1, 0.15) is 17.7 Å². The van der Waals surface area contributed by atoms with Crippen LogP contribution in [0.15, 0.2) is 49.1 Å². The van der Waals surface area contributed by atoms with E-state index in [0.29, 0.717) is 16.3 Å². The topological polar surface area (TPSA) is 87.7 Å². The number of nitrogens with one attached hydrogen (secondary N) is 2. The molecule has 2 atom stereocenters. The van der Waals surface area contributed by atoms with Gasteiger partial charge in [-0.2, -0.15) is 0 Å². The second-order valence-corrected chi connectivity index (χ2v) is 11.2. The van der Waals surface area contributed by atoms with Crippen LogP contribution in [0.5, 0.6) is 0 Å². The van der Waals surface area contributed by atoms with Gasteiger partial charge in [-0.05, 0) is 75.8 Å². The van der Waals surface area contributed by atoms with Gasteiger partial charge in [-0.1, -0.05) is 61.9 Å². The quantitative estimate of drug-likeness (QED) is 0.354. The molecule has 8 heteroatoms. The predicted molar refractivity (Wildman–Crippen MR) is 153 cm³/mol. The summed E-state index contributed by atoms with van der Waals surface area (Å²) in [6.07, 6.45) is 0.854. The van der Waals surface area contributed by atoms with Gasteiger partial charge >= 0.3 is 6.09 Å². The minimum Gasteiger partial charge on any atom is -0.444 e. The third-order valence-corrected chi connectivity index (χ3v) is 6.41. The van der Waals surface area contributed by atoms with Crippen molar-refractivity contribution < 1.29 is 19.1 Å². The van der Waals surface area contributed by atoms with Gasteiger partial charge in [-0.25, -0.2) is 4.79 Å². The number of anilines is 1. The van der Waals surface area contributed by atoms with E-state index < -0.39 is 35.6 Å². The minimum atomic E-state index is -1.02. The van der Waals surface area contributed by atoms with Crippen LogP contribution in [0.25, 0.3) is 0 Å². The smallest absolute Gasteiger partial charge is 0.408 e. The summed E-state index contributed by atoms with van der Waals surface area (Å²) in [7, 11) is 0. The molecule has 206 valence electrons. The second-order valence-electron chi connectivity index (χ2n) is 10.8. The zero-order chi connectivity index (χ0) is 28.8. The Morgan fingerprint density at radius 3 is 2.24 bits per heavy atom. The number of hydrogen-bond acceptors (Lipinski definition) is 4. The Morgan fingerprint density at radius 2 is 1.71 bits per heavy atom. The van der Waals surface area contributed by atoms with Crippen LogP contribution in [0.4, 0.5) is 10.5 Å². The number of benzene rings is 2. The second kappa shape index (κ2) is 13.0. The molecule has 0 spiro atoms. The monoisotopic (exact) mass is 541 g/mol. The Bertz CT molecular complexity index is 1170. The number of amides is 3. The van der Waals surface area contributed by atoms with Crippen LogP contribution in [0.2, 0.25) is 5.02 Å². The van der Waals surface area contributed by atoms with Crippen molar-refractivity contribution in [2.45, 2.75) is 73.1 Å². The summed E-state index contributed by atoms with van der Waals surface area (Å²) in [5.41, 5.74) is 3.20. The molecule has 0 bridgehead atoms. The Balaban J connectivity index is 2.58. The maximum atomic E-state index is 14.0. The molecule has 0 heterocycles. The molecule has 3 amide bonds. The predicted octanol–water partition coefficient (Wildman–Crippen LogP) is 6.51. The number of nitrogens with zero attached hydrogens (tertiary/aromatic N) is 1. The lowest BCUT2D eigenvalue weighted by Crippen LogP contribution is -2.54. The number of alkyl carbamates (subject to hydrolysis) is 1. The maximum Gasteiger partial charge on any atom is 0.408 e.